The predicted molar refractivity (Wildman–Crippen MR) is 89.4 cm³/mol. The standard InChI is InChI=1S/C17H24N4O3/c1-11-16(12(2)20-19-11)14-10-24-8-7-21(14)9-13-17(23-4)15(22-3)5-6-18-13/h5-6,14H,7-10H2,1-4H3,(H,19,20)/t14-/m1/s1. The number of H-pyrrole nitrogens is 1. The van der Waals surface area contributed by atoms with E-state index in [9.17, 15) is 0 Å². The summed E-state index contributed by atoms with van der Waals surface area (Å²) in [5.74, 6) is 1.38. The summed E-state index contributed by atoms with van der Waals surface area (Å²) < 4.78 is 16.6. The highest BCUT2D eigenvalue weighted by Crippen LogP contribution is 2.34. The van der Waals surface area contributed by atoms with E-state index in [1.807, 2.05) is 19.9 Å². The second kappa shape index (κ2) is 7.19. The maximum absolute atomic E-state index is 5.73. The maximum Gasteiger partial charge on any atom is 0.183 e. The highest BCUT2D eigenvalue weighted by Gasteiger charge is 2.29. The van der Waals surface area contributed by atoms with Crippen LogP contribution in [0.1, 0.15) is 28.7 Å². The van der Waals surface area contributed by atoms with Gasteiger partial charge in [-0.25, -0.2) is 0 Å². The third-order valence-corrected chi connectivity index (χ3v) is 4.48. The molecule has 0 spiro atoms. The predicted octanol–water partition coefficient (Wildman–Crippen LogP) is 2.01. The van der Waals surface area contributed by atoms with E-state index in [1.54, 1.807) is 20.4 Å². The molecular weight excluding hydrogens is 308 g/mol. The van der Waals surface area contributed by atoms with Gasteiger partial charge < -0.3 is 14.2 Å². The topological polar surface area (TPSA) is 72.5 Å². The Hall–Kier alpha value is -2.12. The quantitative estimate of drug-likeness (QED) is 0.903. The van der Waals surface area contributed by atoms with Gasteiger partial charge in [-0.1, -0.05) is 0 Å². The molecule has 1 N–H and O–H groups in total. The average molecular weight is 332 g/mol. The van der Waals surface area contributed by atoms with Crippen molar-refractivity contribution in [2.24, 2.45) is 0 Å². The van der Waals surface area contributed by atoms with Crippen LogP contribution in [0.3, 0.4) is 0 Å². The van der Waals surface area contributed by atoms with Gasteiger partial charge in [0, 0.05) is 36.6 Å². The fourth-order valence-corrected chi connectivity index (χ4v) is 3.30. The summed E-state index contributed by atoms with van der Waals surface area (Å²) in [4.78, 5) is 6.86. The van der Waals surface area contributed by atoms with Gasteiger partial charge in [-0.3, -0.25) is 15.0 Å². The van der Waals surface area contributed by atoms with Gasteiger partial charge in [0.15, 0.2) is 11.5 Å². The van der Waals surface area contributed by atoms with E-state index >= 15 is 0 Å². The summed E-state index contributed by atoms with van der Waals surface area (Å²) in [7, 11) is 3.28. The van der Waals surface area contributed by atoms with Gasteiger partial charge in [0.1, 0.15) is 5.69 Å². The number of hydrogen-bond acceptors (Lipinski definition) is 6. The number of hydrogen-bond donors (Lipinski definition) is 1. The molecule has 1 atom stereocenters. The first kappa shape index (κ1) is 16.7. The monoisotopic (exact) mass is 332 g/mol. The molecule has 1 saturated heterocycles. The number of rotatable bonds is 5. The number of aromatic nitrogens is 3. The molecule has 24 heavy (non-hydrogen) atoms. The van der Waals surface area contributed by atoms with Crippen LogP contribution >= 0.6 is 0 Å². The van der Waals surface area contributed by atoms with Crippen molar-refractivity contribution in [1.29, 1.82) is 0 Å². The van der Waals surface area contributed by atoms with Gasteiger partial charge in [0.05, 0.1) is 39.2 Å². The third kappa shape index (κ3) is 3.09. The van der Waals surface area contributed by atoms with Crippen LogP contribution in [0.4, 0.5) is 0 Å². The molecule has 130 valence electrons. The van der Waals surface area contributed by atoms with E-state index in [2.05, 4.69) is 20.1 Å². The van der Waals surface area contributed by atoms with E-state index in [1.165, 1.54) is 5.56 Å². The first-order chi connectivity index (χ1) is 11.7. The van der Waals surface area contributed by atoms with Crippen LogP contribution in [-0.4, -0.2) is 54.1 Å². The summed E-state index contributed by atoms with van der Waals surface area (Å²) in [5, 5.41) is 7.39. The molecule has 7 nitrogen and oxygen atoms in total. The molecule has 0 unspecified atom stereocenters. The van der Waals surface area contributed by atoms with E-state index in [4.69, 9.17) is 14.2 Å². The van der Waals surface area contributed by atoms with Crippen molar-refractivity contribution in [3.05, 3.63) is 34.9 Å². The highest BCUT2D eigenvalue weighted by atomic mass is 16.5. The number of aromatic amines is 1. The number of methoxy groups -OCH3 is 2. The zero-order valence-electron chi connectivity index (χ0n) is 14.6. The van der Waals surface area contributed by atoms with Crippen LogP contribution in [0.2, 0.25) is 0 Å². The number of morpholine rings is 1. The summed E-state index contributed by atoms with van der Waals surface area (Å²) in [5.41, 5.74) is 4.16. The molecule has 0 saturated carbocycles. The number of aryl methyl sites for hydroxylation is 2. The Morgan fingerprint density at radius 1 is 1.33 bits per heavy atom. The minimum atomic E-state index is 0.148. The Labute approximate surface area is 141 Å². The van der Waals surface area contributed by atoms with Crippen LogP contribution in [0.5, 0.6) is 11.5 Å². The first-order valence-electron chi connectivity index (χ1n) is 8.04. The smallest absolute Gasteiger partial charge is 0.183 e. The van der Waals surface area contributed by atoms with Gasteiger partial charge in [-0.15, -0.1) is 0 Å². The minimum absolute atomic E-state index is 0.148. The Balaban J connectivity index is 1.90. The molecule has 1 fully saturated rings. The lowest BCUT2D eigenvalue weighted by Gasteiger charge is -2.36. The second-order valence-corrected chi connectivity index (χ2v) is 5.90. The number of nitrogens with zero attached hydrogens (tertiary/aromatic N) is 3. The Morgan fingerprint density at radius 2 is 2.17 bits per heavy atom. The van der Waals surface area contributed by atoms with Gasteiger partial charge >= 0.3 is 0 Å². The van der Waals surface area contributed by atoms with Gasteiger partial charge in [0.2, 0.25) is 0 Å². The Morgan fingerprint density at radius 3 is 2.83 bits per heavy atom. The van der Waals surface area contributed by atoms with E-state index in [-0.39, 0.29) is 6.04 Å². The molecule has 1 aliphatic heterocycles. The van der Waals surface area contributed by atoms with Gasteiger partial charge in [-0.05, 0) is 13.8 Å². The van der Waals surface area contributed by atoms with Crippen LogP contribution in [0.15, 0.2) is 12.3 Å². The minimum Gasteiger partial charge on any atom is -0.493 e. The van der Waals surface area contributed by atoms with Crippen LogP contribution in [0, 0.1) is 13.8 Å². The summed E-state index contributed by atoms with van der Waals surface area (Å²) >= 11 is 0. The largest absolute Gasteiger partial charge is 0.493 e. The van der Waals surface area contributed by atoms with Crippen molar-refractivity contribution >= 4 is 0 Å². The average Bonchev–Trinajstić information content (AvgIpc) is 2.93. The van der Waals surface area contributed by atoms with Crippen molar-refractivity contribution in [3.63, 3.8) is 0 Å². The van der Waals surface area contributed by atoms with Crippen molar-refractivity contribution in [2.45, 2.75) is 26.4 Å². The highest BCUT2D eigenvalue weighted by molar-refractivity contribution is 5.42. The summed E-state index contributed by atoms with van der Waals surface area (Å²) in [6.07, 6.45) is 1.75. The maximum atomic E-state index is 5.73. The van der Waals surface area contributed by atoms with Crippen LogP contribution in [-0.2, 0) is 11.3 Å². The number of ether oxygens (including phenoxy) is 3. The lowest BCUT2D eigenvalue weighted by molar-refractivity contribution is -0.0140. The molecule has 0 radical (unpaired) electrons. The molecule has 3 heterocycles. The zero-order chi connectivity index (χ0) is 17.1. The van der Waals surface area contributed by atoms with E-state index < -0.39 is 0 Å². The molecule has 0 amide bonds. The molecule has 1 aliphatic rings. The lowest BCUT2D eigenvalue weighted by Crippen LogP contribution is -2.39. The van der Waals surface area contributed by atoms with E-state index in [0.717, 1.165) is 23.6 Å². The molecule has 3 rings (SSSR count). The van der Waals surface area contributed by atoms with E-state index in [0.29, 0.717) is 31.3 Å². The Bertz CT molecular complexity index is 682. The van der Waals surface area contributed by atoms with Crippen LogP contribution < -0.4 is 9.47 Å². The zero-order valence-corrected chi connectivity index (χ0v) is 14.6. The number of pyridine rings is 1. The second-order valence-electron chi connectivity index (χ2n) is 5.90. The summed E-state index contributed by atoms with van der Waals surface area (Å²) in [6.45, 7) is 6.92. The molecule has 7 heteroatoms. The Kier molecular flexibility index (Phi) is 5.01. The molecule has 0 aromatic carbocycles. The first-order valence-corrected chi connectivity index (χ1v) is 8.04. The molecule has 2 aromatic heterocycles. The molecule has 2 aromatic rings. The van der Waals surface area contributed by atoms with Crippen LogP contribution in [0.25, 0.3) is 0 Å². The molecule has 0 bridgehead atoms. The third-order valence-electron chi connectivity index (χ3n) is 4.48. The fraction of sp³-hybridized carbons (Fsp3) is 0.529. The van der Waals surface area contributed by atoms with Crippen molar-refractivity contribution in [1.82, 2.24) is 20.1 Å². The summed E-state index contributed by atoms with van der Waals surface area (Å²) in [6, 6.07) is 1.96. The van der Waals surface area contributed by atoms with Crippen molar-refractivity contribution < 1.29 is 14.2 Å². The SMILES string of the molecule is COc1ccnc(CN2CCOC[C@@H]2c2c(C)n[nH]c2C)c1OC. The van der Waals surface area contributed by atoms with Gasteiger partial charge in [-0.2, -0.15) is 5.10 Å². The normalized spacial score (nSPS) is 18.6. The van der Waals surface area contributed by atoms with Crippen molar-refractivity contribution in [3.8, 4) is 11.5 Å². The number of nitrogens with one attached hydrogen (secondary N) is 1. The lowest BCUT2D eigenvalue weighted by atomic mass is 10.0. The molecule has 0 aliphatic carbocycles. The van der Waals surface area contributed by atoms with Gasteiger partial charge in [0.25, 0.3) is 0 Å². The fourth-order valence-electron chi connectivity index (χ4n) is 3.30. The van der Waals surface area contributed by atoms with Crippen molar-refractivity contribution in [2.75, 3.05) is 34.0 Å². The molecular formula is C17H24N4O3.